The minimum Gasteiger partial charge on any atom is -0.373 e. The zero-order chi connectivity index (χ0) is 11.2. The van der Waals surface area contributed by atoms with Crippen LogP contribution in [-0.4, -0.2) is 24.9 Å². The molecule has 0 bridgehead atoms. The van der Waals surface area contributed by atoms with Crippen LogP contribution in [0.3, 0.4) is 0 Å². The Morgan fingerprint density at radius 3 is 2.12 bits per heavy atom. The number of hydrogen-bond acceptors (Lipinski definition) is 2. The molecule has 2 fully saturated rings. The summed E-state index contributed by atoms with van der Waals surface area (Å²) in [6.45, 7) is 3.28. The maximum absolute atomic E-state index is 5.68. The van der Waals surface area contributed by atoms with Crippen LogP contribution in [0.25, 0.3) is 0 Å². The summed E-state index contributed by atoms with van der Waals surface area (Å²) in [7, 11) is 0. The summed E-state index contributed by atoms with van der Waals surface area (Å²) in [4.78, 5) is 0. The molecule has 0 radical (unpaired) electrons. The van der Waals surface area contributed by atoms with Gasteiger partial charge in [-0.3, -0.25) is 0 Å². The van der Waals surface area contributed by atoms with E-state index in [0.717, 1.165) is 6.61 Å². The molecule has 2 rings (SSSR count). The highest BCUT2D eigenvalue weighted by molar-refractivity contribution is 4.84. The second-order valence-corrected chi connectivity index (χ2v) is 5.30. The summed E-state index contributed by atoms with van der Waals surface area (Å²) < 4.78 is 10.9. The molecule has 3 unspecified atom stereocenters. The van der Waals surface area contributed by atoms with Gasteiger partial charge >= 0.3 is 0 Å². The molecule has 94 valence electrons. The summed E-state index contributed by atoms with van der Waals surface area (Å²) in [5.74, 6) is 0. The molecule has 0 aliphatic carbocycles. The number of epoxide rings is 2. The Morgan fingerprint density at radius 2 is 1.50 bits per heavy atom. The highest BCUT2D eigenvalue weighted by Gasteiger charge is 2.36. The monoisotopic (exact) mass is 226 g/mol. The Hall–Kier alpha value is -0.0800. The normalized spacial score (nSPS) is 31.7. The summed E-state index contributed by atoms with van der Waals surface area (Å²) in [6.07, 6.45) is 13.8. The van der Waals surface area contributed by atoms with Crippen LogP contribution in [0, 0.1) is 0 Å². The van der Waals surface area contributed by atoms with Crippen molar-refractivity contribution in [2.24, 2.45) is 0 Å². The van der Waals surface area contributed by atoms with Gasteiger partial charge in [0.15, 0.2) is 0 Å². The molecule has 16 heavy (non-hydrogen) atoms. The fourth-order valence-corrected chi connectivity index (χ4v) is 2.41. The van der Waals surface area contributed by atoms with Gasteiger partial charge in [0.05, 0.1) is 24.9 Å². The molecule has 2 heterocycles. The molecule has 0 aromatic rings. The molecule has 2 heteroatoms. The van der Waals surface area contributed by atoms with Gasteiger partial charge in [-0.2, -0.15) is 0 Å². The smallest absolute Gasteiger partial charge is 0.0841 e. The largest absolute Gasteiger partial charge is 0.373 e. The van der Waals surface area contributed by atoms with E-state index in [-0.39, 0.29) is 0 Å². The van der Waals surface area contributed by atoms with E-state index < -0.39 is 0 Å². The first-order valence-corrected chi connectivity index (χ1v) is 7.17. The topological polar surface area (TPSA) is 25.1 Å². The lowest BCUT2D eigenvalue weighted by Crippen LogP contribution is -1.95. The molecule has 2 saturated heterocycles. The highest BCUT2D eigenvalue weighted by Crippen LogP contribution is 2.31. The quantitative estimate of drug-likeness (QED) is 0.419. The first-order chi connectivity index (χ1) is 7.90. The second kappa shape index (κ2) is 6.61. The van der Waals surface area contributed by atoms with Crippen molar-refractivity contribution in [1.82, 2.24) is 0 Å². The molecule has 0 amide bonds. The SMILES string of the molecule is CCCCCC1OC1CCCCCC1CO1. The Bertz CT molecular complexity index is 189. The van der Waals surface area contributed by atoms with Crippen molar-refractivity contribution in [3.05, 3.63) is 0 Å². The van der Waals surface area contributed by atoms with E-state index in [0.29, 0.717) is 18.3 Å². The van der Waals surface area contributed by atoms with Crippen molar-refractivity contribution in [1.29, 1.82) is 0 Å². The van der Waals surface area contributed by atoms with Crippen molar-refractivity contribution in [2.45, 2.75) is 83.0 Å². The van der Waals surface area contributed by atoms with Crippen LogP contribution in [0.2, 0.25) is 0 Å². The Kier molecular flexibility index (Phi) is 5.11. The predicted octanol–water partition coefficient (Wildman–Crippen LogP) is 3.68. The lowest BCUT2D eigenvalue weighted by atomic mass is 10.1. The standard InChI is InChI=1S/C14H26O2/c1-2-3-5-9-13-14(16-13)10-7-4-6-8-12-11-15-12/h12-14H,2-11H2,1H3. The van der Waals surface area contributed by atoms with Gasteiger partial charge < -0.3 is 9.47 Å². The van der Waals surface area contributed by atoms with Crippen molar-refractivity contribution in [2.75, 3.05) is 6.61 Å². The van der Waals surface area contributed by atoms with Crippen LogP contribution in [-0.2, 0) is 9.47 Å². The van der Waals surface area contributed by atoms with Gasteiger partial charge in [0.1, 0.15) is 0 Å². The maximum Gasteiger partial charge on any atom is 0.0841 e. The van der Waals surface area contributed by atoms with E-state index in [1.807, 2.05) is 0 Å². The van der Waals surface area contributed by atoms with Crippen LogP contribution >= 0.6 is 0 Å². The first-order valence-electron chi connectivity index (χ1n) is 7.17. The average molecular weight is 226 g/mol. The van der Waals surface area contributed by atoms with Crippen molar-refractivity contribution in [3.63, 3.8) is 0 Å². The van der Waals surface area contributed by atoms with E-state index >= 15 is 0 Å². The summed E-state index contributed by atoms with van der Waals surface area (Å²) in [6, 6.07) is 0. The number of ether oxygens (including phenoxy) is 2. The maximum atomic E-state index is 5.68. The molecule has 2 aliphatic heterocycles. The minimum absolute atomic E-state index is 0.619. The van der Waals surface area contributed by atoms with Crippen molar-refractivity contribution in [3.8, 4) is 0 Å². The van der Waals surface area contributed by atoms with Crippen molar-refractivity contribution >= 4 is 0 Å². The van der Waals surface area contributed by atoms with E-state index in [9.17, 15) is 0 Å². The summed E-state index contributed by atoms with van der Waals surface area (Å²) >= 11 is 0. The summed E-state index contributed by atoms with van der Waals surface area (Å²) in [5.41, 5.74) is 0. The van der Waals surface area contributed by atoms with Gasteiger partial charge in [0, 0.05) is 0 Å². The predicted molar refractivity (Wildman–Crippen MR) is 65.6 cm³/mol. The molecule has 0 aromatic carbocycles. The van der Waals surface area contributed by atoms with Crippen LogP contribution in [0.1, 0.15) is 64.7 Å². The number of unbranched alkanes of at least 4 members (excludes halogenated alkanes) is 4. The Balaban J connectivity index is 1.34. The third-order valence-electron chi connectivity index (χ3n) is 3.70. The van der Waals surface area contributed by atoms with E-state index in [1.165, 1.54) is 57.8 Å². The second-order valence-electron chi connectivity index (χ2n) is 5.30. The molecule has 2 aliphatic rings. The van der Waals surface area contributed by atoms with Crippen LogP contribution in [0.15, 0.2) is 0 Å². The van der Waals surface area contributed by atoms with Crippen LogP contribution < -0.4 is 0 Å². The van der Waals surface area contributed by atoms with Gasteiger partial charge in [-0.15, -0.1) is 0 Å². The van der Waals surface area contributed by atoms with Crippen LogP contribution in [0.4, 0.5) is 0 Å². The van der Waals surface area contributed by atoms with Gasteiger partial charge in [-0.25, -0.2) is 0 Å². The molecule has 0 saturated carbocycles. The third-order valence-corrected chi connectivity index (χ3v) is 3.70. The Labute approximate surface area is 99.7 Å². The summed E-state index contributed by atoms with van der Waals surface area (Å²) in [5, 5.41) is 0. The van der Waals surface area contributed by atoms with E-state index in [4.69, 9.17) is 9.47 Å². The Morgan fingerprint density at radius 1 is 0.875 bits per heavy atom. The van der Waals surface area contributed by atoms with Gasteiger partial charge in [-0.05, 0) is 19.3 Å². The average Bonchev–Trinajstić information content (AvgIpc) is 3.14. The third kappa shape index (κ3) is 4.84. The van der Waals surface area contributed by atoms with Crippen LogP contribution in [0.5, 0.6) is 0 Å². The molecular weight excluding hydrogens is 200 g/mol. The number of hydrogen-bond donors (Lipinski definition) is 0. The first kappa shape index (κ1) is 12.4. The number of rotatable bonds is 10. The van der Waals surface area contributed by atoms with E-state index in [1.54, 1.807) is 0 Å². The molecule has 0 N–H and O–H groups in total. The zero-order valence-electron chi connectivity index (χ0n) is 10.6. The fourth-order valence-electron chi connectivity index (χ4n) is 2.41. The minimum atomic E-state index is 0.619. The molecule has 0 spiro atoms. The van der Waals surface area contributed by atoms with Gasteiger partial charge in [0.2, 0.25) is 0 Å². The molecular formula is C14H26O2. The molecule has 2 nitrogen and oxygen atoms in total. The highest BCUT2D eigenvalue weighted by atomic mass is 16.6. The molecule has 3 atom stereocenters. The van der Waals surface area contributed by atoms with E-state index in [2.05, 4.69) is 6.92 Å². The molecule has 0 aromatic heterocycles. The lowest BCUT2D eigenvalue weighted by Gasteiger charge is -1.97. The fraction of sp³-hybridized carbons (Fsp3) is 1.00. The van der Waals surface area contributed by atoms with Gasteiger partial charge in [-0.1, -0.05) is 45.4 Å². The zero-order valence-corrected chi connectivity index (χ0v) is 10.6. The van der Waals surface area contributed by atoms with Gasteiger partial charge in [0.25, 0.3) is 0 Å². The van der Waals surface area contributed by atoms with Crippen molar-refractivity contribution < 1.29 is 9.47 Å². The lowest BCUT2D eigenvalue weighted by molar-refractivity contribution is 0.346.